The molecule has 0 unspecified atom stereocenters. The van der Waals surface area contributed by atoms with Gasteiger partial charge >= 0.3 is 0 Å². The molecule has 0 bridgehead atoms. The first-order valence-electron chi connectivity index (χ1n) is 4.63. The van der Waals surface area contributed by atoms with E-state index in [4.69, 9.17) is 9.47 Å². The number of hydrogen-bond donors (Lipinski definition) is 0. The Kier molecular flexibility index (Phi) is 2.14. The summed E-state index contributed by atoms with van der Waals surface area (Å²) in [6, 6.07) is 0. The lowest BCUT2D eigenvalue weighted by atomic mass is 10.1. The van der Waals surface area contributed by atoms with E-state index in [1.807, 2.05) is 0 Å². The second kappa shape index (κ2) is 3.11. The molecular formula is C9H16O2. The van der Waals surface area contributed by atoms with Crippen LogP contribution in [0.5, 0.6) is 0 Å². The van der Waals surface area contributed by atoms with E-state index in [0.29, 0.717) is 18.3 Å². The Morgan fingerprint density at radius 3 is 2.55 bits per heavy atom. The van der Waals surface area contributed by atoms with Gasteiger partial charge in [-0.25, -0.2) is 0 Å². The zero-order chi connectivity index (χ0) is 7.68. The predicted octanol–water partition coefficient (Wildman–Crippen LogP) is 1.73. The largest absolute Gasteiger partial charge is 0.376 e. The van der Waals surface area contributed by atoms with E-state index < -0.39 is 0 Å². The highest BCUT2D eigenvalue weighted by atomic mass is 16.6. The molecule has 2 rings (SSSR count). The standard InChI is InChI=1S/C9H16O2/c1-7-4-5-9(11-7)8-3-2-6-10-8/h7-9H,2-6H2,1H3/t7-,8+,9+/m1/s1. The van der Waals surface area contributed by atoms with Gasteiger partial charge in [-0.1, -0.05) is 0 Å². The van der Waals surface area contributed by atoms with Crippen molar-refractivity contribution in [1.82, 2.24) is 0 Å². The minimum absolute atomic E-state index is 0.410. The lowest BCUT2D eigenvalue weighted by Gasteiger charge is -2.17. The Labute approximate surface area is 67.9 Å². The molecule has 0 aromatic carbocycles. The molecular weight excluding hydrogens is 140 g/mol. The van der Waals surface area contributed by atoms with Crippen LogP contribution in [0.15, 0.2) is 0 Å². The van der Waals surface area contributed by atoms with Crippen LogP contribution in [0.4, 0.5) is 0 Å². The highest BCUT2D eigenvalue weighted by molar-refractivity contribution is 4.80. The van der Waals surface area contributed by atoms with Crippen LogP contribution in [0.25, 0.3) is 0 Å². The molecule has 64 valence electrons. The molecule has 2 saturated heterocycles. The summed E-state index contributed by atoms with van der Waals surface area (Å²) < 4.78 is 11.3. The van der Waals surface area contributed by atoms with Crippen molar-refractivity contribution in [3.63, 3.8) is 0 Å². The number of rotatable bonds is 1. The Bertz CT molecular complexity index is 130. The Morgan fingerprint density at radius 2 is 2.00 bits per heavy atom. The molecule has 2 heteroatoms. The maximum Gasteiger partial charge on any atom is 0.0841 e. The maximum atomic E-state index is 5.72. The van der Waals surface area contributed by atoms with Crippen LogP contribution >= 0.6 is 0 Å². The fourth-order valence-corrected chi connectivity index (χ4v) is 2.00. The van der Waals surface area contributed by atoms with Gasteiger partial charge in [-0.3, -0.25) is 0 Å². The smallest absolute Gasteiger partial charge is 0.0841 e. The van der Waals surface area contributed by atoms with Gasteiger partial charge in [0.15, 0.2) is 0 Å². The third kappa shape index (κ3) is 1.57. The van der Waals surface area contributed by atoms with E-state index in [2.05, 4.69) is 6.92 Å². The molecule has 0 amide bonds. The first-order valence-corrected chi connectivity index (χ1v) is 4.63. The van der Waals surface area contributed by atoms with Crippen molar-refractivity contribution in [2.24, 2.45) is 0 Å². The van der Waals surface area contributed by atoms with E-state index in [1.165, 1.54) is 25.7 Å². The molecule has 0 saturated carbocycles. The summed E-state index contributed by atoms with van der Waals surface area (Å²) in [5.41, 5.74) is 0. The Balaban J connectivity index is 1.85. The van der Waals surface area contributed by atoms with Gasteiger partial charge < -0.3 is 9.47 Å². The minimum Gasteiger partial charge on any atom is -0.376 e. The zero-order valence-electron chi connectivity index (χ0n) is 7.08. The summed E-state index contributed by atoms with van der Waals surface area (Å²) in [6.07, 6.45) is 6.13. The van der Waals surface area contributed by atoms with E-state index in [9.17, 15) is 0 Å². The summed E-state index contributed by atoms with van der Waals surface area (Å²) in [5.74, 6) is 0. The van der Waals surface area contributed by atoms with E-state index >= 15 is 0 Å². The quantitative estimate of drug-likeness (QED) is 0.575. The second-order valence-corrected chi connectivity index (χ2v) is 3.61. The molecule has 0 aliphatic carbocycles. The van der Waals surface area contributed by atoms with Gasteiger partial charge in [0, 0.05) is 6.61 Å². The van der Waals surface area contributed by atoms with Crippen LogP contribution in [0.3, 0.4) is 0 Å². The number of hydrogen-bond acceptors (Lipinski definition) is 2. The topological polar surface area (TPSA) is 18.5 Å². The molecule has 11 heavy (non-hydrogen) atoms. The van der Waals surface area contributed by atoms with Crippen LogP contribution in [0, 0.1) is 0 Å². The molecule has 2 nitrogen and oxygen atoms in total. The SMILES string of the molecule is C[C@@H]1CC[C@@H]([C@@H]2CCCO2)O1. The Morgan fingerprint density at radius 1 is 1.09 bits per heavy atom. The van der Waals surface area contributed by atoms with Crippen molar-refractivity contribution >= 4 is 0 Å². The predicted molar refractivity (Wildman–Crippen MR) is 42.5 cm³/mol. The minimum atomic E-state index is 0.410. The molecule has 2 aliphatic rings. The van der Waals surface area contributed by atoms with Crippen LogP contribution in [0.2, 0.25) is 0 Å². The third-order valence-corrected chi connectivity index (χ3v) is 2.64. The molecule has 2 heterocycles. The lowest BCUT2D eigenvalue weighted by Crippen LogP contribution is -2.25. The first kappa shape index (κ1) is 7.56. The molecule has 0 aromatic rings. The monoisotopic (exact) mass is 156 g/mol. The van der Waals surface area contributed by atoms with Gasteiger partial charge in [0.25, 0.3) is 0 Å². The average molecular weight is 156 g/mol. The van der Waals surface area contributed by atoms with Crippen molar-refractivity contribution in [3.8, 4) is 0 Å². The molecule has 2 fully saturated rings. The van der Waals surface area contributed by atoms with Gasteiger partial charge in [0.1, 0.15) is 0 Å². The highest BCUT2D eigenvalue weighted by Crippen LogP contribution is 2.28. The van der Waals surface area contributed by atoms with Crippen molar-refractivity contribution in [2.75, 3.05) is 6.61 Å². The van der Waals surface area contributed by atoms with Crippen molar-refractivity contribution < 1.29 is 9.47 Å². The maximum absolute atomic E-state index is 5.72. The Hall–Kier alpha value is -0.0800. The van der Waals surface area contributed by atoms with Gasteiger partial charge in [0.2, 0.25) is 0 Å². The van der Waals surface area contributed by atoms with Gasteiger partial charge in [0.05, 0.1) is 18.3 Å². The number of ether oxygens (including phenoxy) is 2. The fourth-order valence-electron chi connectivity index (χ4n) is 2.00. The van der Waals surface area contributed by atoms with Gasteiger partial charge in [-0.2, -0.15) is 0 Å². The summed E-state index contributed by atoms with van der Waals surface area (Å²) in [5, 5.41) is 0. The van der Waals surface area contributed by atoms with Crippen molar-refractivity contribution in [3.05, 3.63) is 0 Å². The normalized spacial score (nSPS) is 45.0. The van der Waals surface area contributed by atoms with Crippen LogP contribution in [0.1, 0.15) is 32.6 Å². The lowest BCUT2D eigenvalue weighted by molar-refractivity contribution is -0.0398. The molecule has 0 N–H and O–H groups in total. The average Bonchev–Trinajstić information content (AvgIpc) is 2.55. The summed E-state index contributed by atoms with van der Waals surface area (Å²) in [6.45, 7) is 3.09. The molecule has 3 atom stereocenters. The van der Waals surface area contributed by atoms with E-state index in [0.717, 1.165) is 6.61 Å². The third-order valence-electron chi connectivity index (χ3n) is 2.64. The summed E-state index contributed by atoms with van der Waals surface area (Å²) in [4.78, 5) is 0. The van der Waals surface area contributed by atoms with Crippen molar-refractivity contribution in [1.29, 1.82) is 0 Å². The van der Waals surface area contributed by atoms with E-state index in [-0.39, 0.29) is 0 Å². The van der Waals surface area contributed by atoms with Gasteiger partial charge in [-0.05, 0) is 32.6 Å². The van der Waals surface area contributed by atoms with Crippen LogP contribution in [-0.2, 0) is 9.47 Å². The highest BCUT2D eigenvalue weighted by Gasteiger charge is 2.31. The molecule has 2 aliphatic heterocycles. The molecule has 0 aromatic heterocycles. The summed E-state index contributed by atoms with van der Waals surface area (Å²) in [7, 11) is 0. The van der Waals surface area contributed by atoms with E-state index in [1.54, 1.807) is 0 Å². The van der Waals surface area contributed by atoms with Crippen molar-refractivity contribution in [2.45, 2.75) is 50.9 Å². The molecule has 0 radical (unpaired) electrons. The zero-order valence-corrected chi connectivity index (χ0v) is 7.08. The fraction of sp³-hybridized carbons (Fsp3) is 1.00. The van der Waals surface area contributed by atoms with Crippen LogP contribution < -0.4 is 0 Å². The molecule has 0 spiro atoms. The van der Waals surface area contributed by atoms with Crippen LogP contribution in [-0.4, -0.2) is 24.9 Å². The first-order chi connectivity index (χ1) is 5.36. The summed E-state index contributed by atoms with van der Waals surface area (Å²) >= 11 is 0. The second-order valence-electron chi connectivity index (χ2n) is 3.61. The van der Waals surface area contributed by atoms with Gasteiger partial charge in [-0.15, -0.1) is 0 Å².